The number of rotatable bonds is 6. The number of halogens is 1. The van der Waals surface area contributed by atoms with Gasteiger partial charge in [0.1, 0.15) is 0 Å². The van der Waals surface area contributed by atoms with Crippen molar-refractivity contribution in [2.24, 2.45) is 5.92 Å². The molecule has 0 aliphatic carbocycles. The molecule has 0 bridgehead atoms. The molecule has 23 heavy (non-hydrogen) atoms. The van der Waals surface area contributed by atoms with E-state index in [1.54, 1.807) is 0 Å². The Morgan fingerprint density at radius 2 is 1.91 bits per heavy atom. The number of hydrogen-bond acceptors (Lipinski definition) is 5. The van der Waals surface area contributed by atoms with E-state index in [2.05, 4.69) is 25.7 Å². The maximum atomic E-state index is 4.21. The summed E-state index contributed by atoms with van der Waals surface area (Å²) in [5, 5.41) is 15.4. The van der Waals surface area contributed by atoms with Gasteiger partial charge in [0, 0.05) is 0 Å². The minimum atomic E-state index is 0. The van der Waals surface area contributed by atoms with Crippen LogP contribution < -0.4 is 5.32 Å². The minimum absolute atomic E-state index is 0. The molecule has 1 N–H and O–H groups in total. The normalized spacial score (nSPS) is 16.2. The maximum Gasteiger partial charge on any atom is 0.170 e. The minimum Gasteiger partial charge on any atom is -0.320 e. The molecule has 0 saturated carbocycles. The summed E-state index contributed by atoms with van der Waals surface area (Å²) in [7, 11) is 2.03. The van der Waals surface area contributed by atoms with Crippen LogP contribution >= 0.6 is 12.4 Å². The molecule has 1 aliphatic heterocycles. The highest BCUT2D eigenvalue weighted by atomic mass is 35.5. The van der Waals surface area contributed by atoms with Gasteiger partial charge in [0.2, 0.25) is 0 Å². The molecule has 1 saturated heterocycles. The topological polar surface area (TPSA) is 58.9 Å². The Bertz CT molecular complexity index is 565. The highest BCUT2D eigenvalue weighted by Crippen LogP contribution is 2.21. The number of nitrogens with zero attached hydrogens (tertiary/aromatic N) is 5. The van der Waals surface area contributed by atoms with Gasteiger partial charge in [-0.3, -0.25) is 4.90 Å². The lowest BCUT2D eigenvalue weighted by Gasteiger charge is -2.31. The van der Waals surface area contributed by atoms with Crippen molar-refractivity contribution in [2.45, 2.75) is 25.8 Å². The largest absolute Gasteiger partial charge is 0.320 e. The van der Waals surface area contributed by atoms with E-state index in [1.807, 2.05) is 42.1 Å². The monoisotopic (exact) mass is 336 g/mol. The Balaban J connectivity index is 0.00000192. The van der Waals surface area contributed by atoms with Gasteiger partial charge in [-0.1, -0.05) is 18.2 Å². The van der Waals surface area contributed by atoms with Crippen LogP contribution in [0.5, 0.6) is 0 Å². The molecule has 0 amide bonds. The fourth-order valence-corrected chi connectivity index (χ4v) is 3.06. The standard InChI is InChI=1S/C16H24N6.ClH/c1-17-10-7-14-8-11-21(12-9-14)13-16-18-19-20-22(16)15-5-3-2-4-6-15;/h2-6,14,17H,7-13H2,1H3;1H. The SMILES string of the molecule is CNCCC1CCN(Cc2nnnn2-c2ccccc2)CC1.Cl. The zero-order valence-electron chi connectivity index (χ0n) is 13.6. The van der Waals surface area contributed by atoms with E-state index in [9.17, 15) is 0 Å². The molecule has 0 radical (unpaired) electrons. The van der Waals surface area contributed by atoms with E-state index in [0.717, 1.165) is 43.6 Å². The molecule has 2 heterocycles. The molecule has 1 aromatic carbocycles. The van der Waals surface area contributed by atoms with Gasteiger partial charge in [-0.2, -0.15) is 4.68 Å². The average molecular weight is 337 g/mol. The molecule has 0 spiro atoms. The van der Waals surface area contributed by atoms with Gasteiger partial charge in [0.15, 0.2) is 5.82 Å². The first kappa shape index (κ1) is 17.8. The van der Waals surface area contributed by atoms with Crippen molar-refractivity contribution in [1.82, 2.24) is 30.4 Å². The summed E-state index contributed by atoms with van der Waals surface area (Å²) >= 11 is 0. The lowest BCUT2D eigenvalue weighted by molar-refractivity contribution is 0.168. The zero-order valence-corrected chi connectivity index (χ0v) is 14.4. The van der Waals surface area contributed by atoms with Crippen molar-refractivity contribution >= 4 is 12.4 Å². The van der Waals surface area contributed by atoms with Crippen molar-refractivity contribution in [3.05, 3.63) is 36.2 Å². The number of piperidine rings is 1. The Morgan fingerprint density at radius 1 is 1.17 bits per heavy atom. The van der Waals surface area contributed by atoms with E-state index in [-0.39, 0.29) is 12.4 Å². The summed E-state index contributed by atoms with van der Waals surface area (Å²) in [6, 6.07) is 10.1. The number of likely N-dealkylation sites (tertiary alicyclic amines) is 1. The van der Waals surface area contributed by atoms with Crippen LogP contribution in [0.25, 0.3) is 5.69 Å². The van der Waals surface area contributed by atoms with Gasteiger partial charge in [-0.25, -0.2) is 0 Å². The second kappa shape index (κ2) is 8.96. The number of nitrogens with one attached hydrogen (secondary N) is 1. The van der Waals surface area contributed by atoms with Crippen LogP contribution in [0.4, 0.5) is 0 Å². The molecular weight excluding hydrogens is 312 g/mol. The number of para-hydroxylation sites is 1. The van der Waals surface area contributed by atoms with Crippen LogP contribution in [-0.4, -0.2) is 51.8 Å². The first-order valence-corrected chi connectivity index (χ1v) is 8.06. The van der Waals surface area contributed by atoms with Crippen molar-refractivity contribution in [1.29, 1.82) is 0 Å². The van der Waals surface area contributed by atoms with E-state index in [4.69, 9.17) is 0 Å². The predicted molar refractivity (Wildman–Crippen MR) is 92.9 cm³/mol. The number of tetrazole rings is 1. The van der Waals surface area contributed by atoms with Gasteiger partial charge in [0.05, 0.1) is 12.2 Å². The van der Waals surface area contributed by atoms with Gasteiger partial charge >= 0.3 is 0 Å². The summed E-state index contributed by atoms with van der Waals surface area (Å²) in [4.78, 5) is 2.46. The quantitative estimate of drug-likeness (QED) is 0.873. The van der Waals surface area contributed by atoms with Gasteiger partial charge in [0.25, 0.3) is 0 Å². The highest BCUT2D eigenvalue weighted by Gasteiger charge is 2.20. The smallest absolute Gasteiger partial charge is 0.170 e. The first-order valence-electron chi connectivity index (χ1n) is 8.06. The first-order chi connectivity index (χ1) is 10.9. The Labute approximate surface area is 143 Å². The third-order valence-corrected chi connectivity index (χ3v) is 4.41. The van der Waals surface area contributed by atoms with Gasteiger partial charge < -0.3 is 5.32 Å². The van der Waals surface area contributed by atoms with Gasteiger partial charge in [-0.05, 0) is 74.4 Å². The summed E-state index contributed by atoms with van der Waals surface area (Å²) in [6.07, 6.45) is 3.83. The fourth-order valence-electron chi connectivity index (χ4n) is 3.06. The molecule has 0 unspecified atom stereocenters. The van der Waals surface area contributed by atoms with Crippen LogP contribution in [0, 0.1) is 5.92 Å². The summed E-state index contributed by atoms with van der Waals surface area (Å²) < 4.78 is 1.84. The van der Waals surface area contributed by atoms with E-state index < -0.39 is 0 Å². The van der Waals surface area contributed by atoms with E-state index >= 15 is 0 Å². The molecule has 6 nitrogen and oxygen atoms in total. The van der Waals surface area contributed by atoms with Crippen LogP contribution in [-0.2, 0) is 6.54 Å². The zero-order chi connectivity index (χ0) is 15.2. The van der Waals surface area contributed by atoms with E-state index in [1.165, 1.54) is 19.3 Å². The molecule has 2 aromatic rings. The van der Waals surface area contributed by atoms with Crippen LogP contribution in [0.3, 0.4) is 0 Å². The Hall–Kier alpha value is -1.50. The number of hydrogen-bond donors (Lipinski definition) is 1. The molecule has 0 atom stereocenters. The van der Waals surface area contributed by atoms with Crippen LogP contribution in [0.1, 0.15) is 25.1 Å². The molecule has 1 aliphatic rings. The second-order valence-corrected chi connectivity index (χ2v) is 5.95. The lowest BCUT2D eigenvalue weighted by atomic mass is 9.93. The molecule has 7 heteroatoms. The van der Waals surface area contributed by atoms with Crippen LogP contribution in [0.2, 0.25) is 0 Å². The number of benzene rings is 1. The summed E-state index contributed by atoms with van der Waals surface area (Å²) in [5.74, 6) is 1.77. The highest BCUT2D eigenvalue weighted by molar-refractivity contribution is 5.85. The summed E-state index contributed by atoms with van der Waals surface area (Å²) in [5.41, 5.74) is 1.02. The second-order valence-electron chi connectivity index (χ2n) is 5.95. The molecule has 3 rings (SSSR count). The Kier molecular flexibility index (Phi) is 6.95. The molecule has 1 aromatic heterocycles. The van der Waals surface area contributed by atoms with Gasteiger partial charge in [-0.15, -0.1) is 17.5 Å². The molecule has 1 fully saturated rings. The van der Waals surface area contributed by atoms with Crippen molar-refractivity contribution in [3.63, 3.8) is 0 Å². The van der Waals surface area contributed by atoms with E-state index in [0.29, 0.717) is 0 Å². The molecular formula is C16H25ClN6. The van der Waals surface area contributed by atoms with Crippen molar-refractivity contribution < 1.29 is 0 Å². The number of aromatic nitrogens is 4. The fraction of sp³-hybridized carbons (Fsp3) is 0.562. The lowest BCUT2D eigenvalue weighted by Crippen LogP contribution is -2.34. The molecule has 126 valence electrons. The van der Waals surface area contributed by atoms with Crippen LogP contribution in [0.15, 0.2) is 30.3 Å². The third-order valence-electron chi connectivity index (χ3n) is 4.41. The Morgan fingerprint density at radius 3 is 2.61 bits per heavy atom. The average Bonchev–Trinajstić information content (AvgIpc) is 3.03. The van der Waals surface area contributed by atoms with Crippen molar-refractivity contribution in [3.8, 4) is 5.69 Å². The summed E-state index contributed by atoms with van der Waals surface area (Å²) in [6.45, 7) is 4.21. The predicted octanol–water partition coefficient (Wildman–Crippen LogP) is 1.91. The maximum absolute atomic E-state index is 4.21. The third kappa shape index (κ3) is 4.73. The van der Waals surface area contributed by atoms with Crippen molar-refractivity contribution in [2.75, 3.05) is 26.7 Å².